The third-order valence-electron chi connectivity index (χ3n) is 2.25. The summed E-state index contributed by atoms with van der Waals surface area (Å²) in [5, 5.41) is 8.98. The second kappa shape index (κ2) is 5.43. The average molecular weight is 314 g/mol. The van der Waals surface area contributed by atoms with E-state index in [-0.39, 0.29) is 21.3 Å². The summed E-state index contributed by atoms with van der Waals surface area (Å²) in [6, 6.07) is 3.78. The van der Waals surface area contributed by atoms with Gasteiger partial charge < -0.3 is 5.11 Å². The second-order valence-electron chi connectivity index (χ2n) is 3.69. The summed E-state index contributed by atoms with van der Waals surface area (Å²) in [5.74, 6) is -1.20. The van der Waals surface area contributed by atoms with Crippen molar-refractivity contribution in [3.05, 3.63) is 47.5 Å². The molecule has 0 saturated carbocycles. The van der Waals surface area contributed by atoms with Crippen LogP contribution < -0.4 is 4.72 Å². The summed E-state index contributed by atoms with van der Waals surface area (Å²) in [7, 11) is -3.88. The molecular weight excluding hydrogens is 306 g/mol. The van der Waals surface area contributed by atoms with E-state index in [2.05, 4.69) is 14.7 Å². The van der Waals surface area contributed by atoms with Crippen molar-refractivity contribution >= 4 is 33.3 Å². The van der Waals surface area contributed by atoms with E-state index < -0.39 is 16.0 Å². The second-order valence-corrected chi connectivity index (χ2v) is 5.76. The van der Waals surface area contributed by atoms with E-state index in [1.807, 2.05) is 0 Å². The molecule has 2 rings (SSSR count). The van der Waals surface area contributed by atoms with E-state index in [1.54, 1.807) is 0 Å². The molecule has 0 aliphatic carbocycles. The average Bonchev–Trinajstić information content (AvgIpc) is 2.39. The number of halogens is 1. The maximum atomic E-state index is 12.0. The minimum absolute atomic E-state index is 0.0415. The summed E-state index contributed by atoms with van der Waals surface area (Å²) in [5.41, 5.74) is -0.0840. The van der Waals surface area contributed by atoms with Crippen LogP contribution in [0.3, 0.4) is 0 Å². The third kappa shape index (κ3) is 3.22. The van der Waals surface area contributed by atoms with Gasteiger partial charge in [0.1, 0.15) is 10.0 Å². The van der Waals surface area contributed by atoms with Gasteiger partial charge in [-0.3, -0.25) is 9.71 Å². The number of carboxylic acids is 1. The number of sulfonamides is 1. The molecule has 0 unspecified atom stereocenters. The number of rotatable bonds is 4. The zero-order chi connectivity index (χ0) is 14.8. The molecule has 0 bridgehead atoms. The van der Waals surface area contributed by atoms with Crippen LogP contribution in [-0.4, -0.2) is 29.5 Å². The predicted molar refractivity (Wildman–Crippen MR) is 71.3 cm³/mol. The summed E-state index contributed by atoms with van der Waals surface area (Å²) in [6.07, 6.45) is 3.41. The highest BCUT2D eigenvalue weighted by Gasteiger charge is 2.15. The Bertz CT molecular complexity index is 747. The quantitative estimate of drug-likeness (QED) is 0.830. The van der Waals surface area contributed by atoms with E-state index in [0.717, 1.165) is 18.5 Å². The number of anilines is 1. The topological polar surface area (TPSA) is 109 Å². The zero-order valence-electron chi connectivity index (χ0n) is 9.82. The SMILES string of the molecule is O=C(O)c1cncc(NS(=O)(=O)c2ccc(Cl)nc2)c1. The Hall–Kier alpha value is -2.19. The Morgan fingerprint density at radius 1 is 1.25 bits per heavy atom. The highest BCUT2D eigenvalue weighted by Crippen LogP contribution is 2.16. The van der Waals surface area contributed by atoms with E-state index in [4.69, 9.17) is 16.7 Å². The number of carboxylic acid groups (broad SMARTS) is 1. The highest BCUT2D eigenvalue weighted by atomic mass is 35.5. The van der Waals surface area contributed by atoms with E-state index >= 15 is 0 Å². The number of hydrogen-bond donors (Lipinski definition) is 2. The highest BCUT2D eigenvalue weighted by molar-refractivity contribution is 7.92. The molecule has 2 aromatic heterocycles. The van der Waals surface area contributed by atoms with Gasteiger partial charge in [-0.1, -0.05) is 11.6 Å². The lowest BCUT2D eigenvalue weighted by atomic mass is 10.3. The van der Waals surface area contributed by atoms with Crippen molar-refractivity contribution in [3.63, 3.8) is 0 Å². The molecule has 9 heteroatoms. The smallest absolute Gasteiger partial charge is 0.337 e. The first-order chi connectivity index (χ1) is 9.38. The number of aromatic carboxylic acids is 1. The van der Waals surface area contributed by atoms with Crippen LogP contribution in [0.25, 0.3) is 0 Å². The van der Waals surface area contributed by atoms with Crippen LogP contribution in [0, 0.1) is 0 Å². The van der Waals surface area contributed by atoms with Crippen LogP contribution in [0.4, 0.5) is 5.69 Å². The molecule has 7 nitrogen and oxygen atoms in total. The van der Waals surface area contributed by atoms with Gasteiger partial charge in [0.2, 0.25) is 0 Å². The minimum Gasteiger partial charge on any atom is -0.478 e. The van der Waals surface area contributed by atoms with Crippen molar-refractivity contribution < 1.29 is 18.3 Å². The van der Waals surface area contributed by atoms with Crippen LogP contribution in [0.1, 0.15) is 10.4 Å². The van der Waals surface area contributed by atoms with Crippen molar-refractivity contribution in [1.82, 2.24) is 9.97 Å². The monoisotopic (exact) mass is 313 g/mol. The van der Waals surface area contributed by atoms with Crippen LogP contribution >= 0.6 is 11.6 Å². The fraction of sp³-hybridized carbons (Fsp3) is 0. The largest absolute Gasteiger partial charge is 0.478 e. The number of pyridine rings is 2. The van der Waals surface area contributed by atoms with Crippen molar-refractivity contribution in [2.24, 2.45) is 0 Å². The van der Waals surface area contributed by atoms with E-state index in [0.29, 0.717) is 0 Å². The summed E-state index contributed by atoms with van der Waals surface area (Å²) >= 11 is 5.58. The maximum Gasteiger partial charge on any atom is 0.337 e. The standard InChI is InChI=1S/C11H8ClN3O4S/c12-10-2-1-9(6-14-10)20(18,19)15-8-3-7(11(16)17)4-13-5-8/h1-6,15H,(H,16,17). The molecule has 0 radical (unpaired) electrons. The van der Waals surface area contributed by atoms with E-state index in [9.17, 15) is 13.2 Å². The fourth-order valence-electron chi connectivity index (χ4n) is 1.35. The Balaban J connectivity index is 2.31. The van der Waals surface area contributed by atoms with E-state index in [1.165, 1.54) is 18.3 Å². The maximum absolute atomic E-state index is 12.0. The molecule has 0 fully saturated rings. The van der Waals surface area contributed by atoms with Crippen molar-refractivity contribution in [1.29, 1.82) is 0 Å². The van der Waals surface area contributed by atoms with Crippen LogP contribution in [0.5, 0.6) is 0 Å². The van der Waals surface area contributed by atoms with Crippen molar-refractivity contribution in [2.45, 2.75) is 4.90 Å². The molecule has 0 amide bonds. The van der Waals surface area contributed by atoms with Gasteiger partial charge in [0.15, 0.2) is 0 Å². The Morgan fingerprint density at radius 3 is 2.60 bits per heavy atom. The molecule has 2 N–H and O–H groups in total. The lowest BCUT2D eigenvalue weighted by molar-refractivity contribution is 0.0696. The van der Waals surface area contributed by atoms with Gasteiger partial charge in [-0.15, -0.1) is 0 Å². The number of hydrogen-bond acceptors (Lipinski definition) is 5. The number of nitrogens with one attached hydrogen (secondary N) is 1. The van der Waals surface area contributed by atoms with Gasteiger partial charge in [-0.2, -0.15) is 0 Å². The molecule has 2 aromatic rings. The Kier molecular flexibility index (Phi) is 3.86. The lowest BCUT2D eigenvalue weighted by Gasteiger charge is -2.07. The minimum atomic E-state index is -3.88. The predicted octanol–water partition coefficient (Wildman–Crippen LogP) is 1.63. The van der Waals surface area contributed by atoms with Gasteiger partial charge >= 0.3 is 5.97 Å². The molecule has 0 atom stereocenters. The summed E-state index contributed by atoms with van der Waals surface area (Å²) in [4.78, 5) is 18.0. The lowest BCUT2D eigenvalue weighted by Crippen LogP contribution is -2.14. The zero-order valence-corrected chi connectivity index (χ0v) is 11.4. The van der Waals surface area contributed by atoms with Gasteiger partial charge in [0.05, 0.1) is 17.4 Å². The van der Waals surface area contributed by atoms with Gasteiger partial charge in [-0.25, -0.2) is 18.2 Å². The molecule has 0 aliphatic rings. The molecule has 2 heterocycles. The summed E-state index contributed by atoms with van der Waals surface area (Å²) in [6.45, 7) is 0. The van der Waals surface area contributed by atoms with Crippen LogP contribution in [0.2, 0.25) is 5.15 Å². The Labute approximate surface area is 119 Å². The molecule has 20 heavy (non-hydrogen) atoms. The third-order valence-corrected chi connectivity index (χ3v) is 3.84. The van der Waals surface area contributed by atoms with Gasteiger partial charge in [0, 0.05) is 12.4 Å². The molecule has 0 aliphatic heterocycles. The van der Waals surface area contributed by atoms with Gasteiger partial charge in [0.25, 0.3) is 10.0 Å². The normalized spacial score (nSPS) is 11.1. The molecule has 0 saturated heterocycles. The fourth-order valence-corrected chi connectivity index (χ4v) is 2.44. The number of nitrogens with zero attached hydrogens (tertiary/aromatic N) is 2. The van der Waals surface area contributed by atoms with Crippen molar-refractivity contribution in [3.8, 4) is 0 Å². The first kappa shape index (κ1) is 14.2. The number of aromatic nitrogens is 2. The summed E-state index contributed by atoms with van der Waals surface area (Å²) < 4.78 is 26.3. The number of carbonyl (C=O) groups is 1. The Morgan fingerprint density at radius 2 is 2.00 bits per heavy atom. The van der Waals surface area contributed by atoms with Crippen molar-refractivity contribution in [2.75, 3.05) is 4.72 Å². The molecule has 0 aromatic carbocycles. The van der Waals surface area contributed by atoms with Gasteiger partial charge in [-0.05, 0) is 18.2 Å². The first-order valence-electron chi connectivity index (χ1n) is 5.21. The molecule has 104 valence electrons. The molecule has 0 spiro atoms. The first-order valence-corrected chi connectivity index (χ1v) is 7.07. The van der Waals surface area contributed by atoms with Crippen LogP contribution in [-0.2, 0) is 10.0 Å². The molecular formula is C11H8ClN3O4S. The van der Waals surface area contributed by atoms with Crippen LogP contribution in [0.15, 0.2) is 41.7 Å².